The van der Waals surface area contributed by atoms with Crippen LogP contribution in [-0.4, -0.2) is 58.5 Å². The molecular weight excluding hydrogens is 663 g/mol. The molecular formula is C22H15F17N2OS. The molecule has 1 aromatic carbocycles. The third-order valence-corrected chi connectivity index (χ3v) is 6.38. The molecule has 21 heteroatoms. The summed E-state index contributed by atoms with van der Waals surface area (Å²) in [5.74, 6) is -61.7. The van der Waals surface area contributed by atoms with Crippen LogP contribution in [0, 0.1) is 5.92 Å². The van der Waals surface area contributed by atoms with E-state index in [0.29, 0.717) is 6.42 Å². The smallest absolute Gasteiger partial charge is 0.296 e. The first kappa shape index (κ1) is 36.3. The SMILES string of the molecule is CC(C)Cc1ccc(-c2csc(NC(=O)C(F)(F)C(F)(F)C(F)(F)C(F)(F)C(F)(F)C(F)(F)C(F)(F)C(F)(F)F)n2)cc1. The van der Waals surface area contributed by atoms with Crippen LogP contribution in [0.4, 0.5) is 79.8 Å². The molecule has 1 aromatic heterocycles. The van der Waals surface area contributed by atoms with Crippen LogP contribution in [0.1, 0.15) is 19.4 Å². The molecule has 3 nitrogen and oxygen atoms in total. The van der Waals surface area contributed by atoms with Gasteiger partial charge in [-0.1, -0.05) is 38.1 Å². The molecule has 1 heterocycles. The Labute approximate surface area is 233 Å². The standard InChI is InChI=1S/C22H15F17N2OS/c1-9(2)7-10-3-5-11(6-4-10)12-8-43-14(40-12)41-13(42)15(23,24)16(25,26)17(27,28)18(29,30)19(31,32)20(33,34)21(35,36)22(37,38)39/h3-6,8-9H,7H2,1-2H3,(H,40,41,42). The number of anilines is 1. The fraction of sp³-hybridized carbons (Fsp3) is 0.545. The van der Waals surface area contributed by atoms with E-state index in [-0.39, 0.29) is 28.5 Å². The molecule has 2 rings (SSSR count). The zero-order valence-electron chi connectivity index (χ0n) is 20.9. The van der Waals surface area contributed by atoms with Gasteiger partial charge in [0.25, 0.3) is 0 Å². The van der Waals surface area contributed by atoms with Crippen molar-refractivity contribution >= 4 is 22.4 Å². The van der Waals surface area contributed by atoms with Gasteiger partial charge < -0.3 is 0 Å². The van der Waals surface area contributed by atoms with Crippen molar-refractivity contribution in [2.24, 2.45) is 5.92 Å². The van der Waals surface area contributed by atoms with Gasteiger partial charge in [-0.15, -0.1) is 11.3 Å². The molecule has 0 aliphatic rings. The monoisotopic (exact) mass is 678 g/mol. The van der Waals surface area contributed by atoms with Gasteiger partial charge in [-0.3, -0.25) is 10.1 Å². The maximum Gasteiger partial charge on any atom is 0.460 e. The zero-order valence-corrected chi connectivity index (χ0v) is 21.7. The van der Waals surface area contributed by atoms with Crippen LogP contribution in [0.15, 0.2) is 29.6 Å². The average molecular weight is 678 g/mol. The second-order valence-electron chi connectivity index (χ2n) is 9.31. The number of rotatable bonds is 11. The van der Waals surface area contributed by atoms with Gasteiger partial charge in [0.15, 0.2) is 5.13 Å². The van der Waals surface area contributed by atoms with Crippen molar-refractivity contribution < 1.29 is 79.4 Å². The Morgan fingerprint density at radius 2 is 1.12 bits per heavy atom. The van der Waals surface area contributed by atoms with Crippen molar-refractivity contribution in [3.8, 4) is 11.3 Å². The van der Waals surface area contributed by atoms with Gasteiger partial charge in [-0.25, -0.2) is 4.98 Å². The summed E-state index contributed by atoms with van der Waals surface area (Å²) < 4.78 is 228. The van der Waals surface area contributed by atoms with Crippen LogP contribution in [0.2, 0.25) is 0 Å². The predicted octanol–water partition coefficient (Wildman–Crippen LogP) is 8.96. The summed E-state index contributed by atoms with van der Waals surface area (Å²) in [5, 5.41) is 0.719. The number of aromatic nitrogens is 1. The summed E-state index contributed by atoms with van der Waals surface area (Å²) in [6.45, 7) is 3.79. The molecule has 244 valence electrons. The molecule has 1 amide bonds. The third-order valence-electron chi connectivity index (χ3n) is 5.63. The Kier molecular flexibility index (Phi) is 9.24. The van der Waals surface area contributed by atoms with Crippen molar-refractivity contribution in [3.05, 3.63) is 35.2 Å². The molecule has 0 aliphatic heterocycles. The number of halogens is 17. The molecule has 0 aliphatic carbocycles. The van der Waals surface area contributed by atoms with E-state index < -0.39 is 58.7 Å². The summed E-state index contributed by atoms with van der Waals surface area (Å²) in [7, 11) is 0. The van der Waals surface area contributed by atoms with E-state index in [1.165, 1.54) is 12.1 Å². The number of nitrogens with zero attached hydrogens (tertiary/aromatic N) is 1. The Balaban J connectivity index is 2.40. The fourth-order valence-corrected chi connectivity index (χ4v) is 3.94. The van der Waals surface area contributed by atoms with E-state index in [4.69, 9.17) is 0 Å². The highest BCUT2D eigenvalue weighted by Crippen LogP contribution is 2.64. The van der Waals surface area contributed by atoms with Crippen LogP contribution < -0.4 is 5.32 Å². The molecule has 0 radical (unpaired) electrons. The largest absolute Gasteiger partial charge is 0.460 e. The maximum absolute atomic E-state index is 14.1. The number of nitrogens with one attached hydrogen (secondary N) is 1. The van der Waals surface area contributed by atoms with E-state index in [2.05, 4.69) is 4.98 Å². The van der Waals surface area contributed by atoms with E-state index in [1.807, 2.05) is 13.8 Å². The summed E-state index contributed by atoms with van der Waals surface area (Å²) in [6.07, 6.45) is -7.22. The summed E-state index contributed by atoms with van der Waals surface area (Å²) in [5.41, 5.74) is 0.912. The van der Waals surface area contributed by atoms with Crippen LogP contribution in [0.25, 0.3) is 11.3 Å². The summed E-state index contributed by atoms with van der Waals surface area (Å²) >= 11 is 0.174. The van der Waals surface area contributed by atoms with Gasteiger partial charge in [0.2, 0.25) is 0 Å². The number of carbonyl (C=O) groups is 1. The Hall–Kier alpha value is -2.87. The van der Waals surface area contributed by atoms with Crippen LogP contribution >= 0.6 is 11.3 Å². The highest BCUT2D eigenvalue weighted by Gasteiger charge is 2.95. The fourth-order valence-electron chi connectivity index (χ4n) is 3.23. The maximum atomic E-state index is 14.1. The number of alkyl halides is 17. The molecule has 0 saturated heterocycles. The minimum absolute atomic E-state index is 0.143. The van der Waals surface area contributed by atoms with Crippen LogP contribution in [0.5, 0.6) is 0 Å². The lowest BCUT2D eigenvalue weighted by atomic mass is 9.89. The second kappa shape index (κ2) is 10.9. The Morgan fingerprint density at radius 3 is 1.53 bits per heavy atom. The predicted molar refractivity (Wildman–Crippen MR) is 115 cm³/mol. The van der Waals surface area contributed by atoms with Crippen LogP contribution in [-0.2, 0) is 11.2 Å². The highest BCUT2D eigenvalue weighted by atomic mass is 32.1. The van der Waals surface area contributed by atoms with Gasteiger partial charge in [0, 0.05) is 10.9 Å². The molecule has 43 heavy (non-hydrogen) atoms. The number of hydrogen-bond acceptors (Lipinski definition) is 3. The van der Waals surface area contributed by atoms with Crippen molar-refractivity contribution in [2.75, 3.05) is 5.32 Å². The highest BCUT2D eigenvalue weighted by molar-refractivity contribution is 7.14. The summed E-state index contributed by atoms with van der Waals surface area (Å²) in [6, 6.07) is 6.05. The summed E-state index contributed by atoms with van der Waals surface area (Å²) in [4.78, 5) is 15.2. The van der Waals surface area contributed by atoms with E-state index in [0.717, 1.165) is 16.3 Å². The minimum Gasteiger partial charge on any atom is -0.296 e. The molecule has 0 fully saturated rings. The van der Waals surface area contributed by atoms with E-state index in [9.17, 15) is 79.4 Å². The lowest BCUT2D eigenvalue weighted by Gasteiger charge is -2.42. The molecule has 0 bridgehead atoms. The van der Waals surface area contributed by atoms with Gasteiger partial charge in [-0.05, 0) is 17.9 Å². The topological polar surface area (TPSA) is 42.0 Å². The van der Waals surface area contributed by atoms with Gasteiger partial charge >= 0.3 is 53.5 Å². The van der Waals surface area contributed by atoms with Crippen molar-refractivity contribution in [2.45, 2.75) is 67.9 Å². The first-order chi connectivity index (χ1) is 19.0. The van der Waals surface area contributed by atoms with E-state index in [1.54, 1.807) is 12.1 Å². The van der Waals surface area contributed by atoms with Crippen LogP contribution in [0.3, 0.4) is 0 Å². The number of hydrogen-bond donors (Lipinski definition) is 1. The Morgan fingerprint density at radius 1 is 0.698 bits per heavy atom. The molecule has 0 atom stereocenters. The van der Waals surface area contributed by atoms with Gasteiger partial charge in [-0.2, -0.15) is 74.6 Å². The number of amides is 1. The zero-order chi connectivity index (χ0) is 33.8. The Bertz CT molecular complexity index is 1300. The van der Waals surface area contributed by atoms with E-state index >= 15 is 0 Å². The molecule has 0 saturated carbocycles. The van der Waals surface area contributed by atoms with Crippen molar-refractivity contribution in [3.63, 3.8) is 0 Å². The molecule has 0 unspecified atom stereocenters. The molecule has 2 aromatic rings. The minimum atomic E-state index is -8.77. The van der Waals surface area contributed by atoms with Gasteiger partial charge in [0.1, 0.15) is 0 Å². The molecule has 1 N–H and O–H groups in total. The number of benzene rings is 1. The lowest BCUT2D eigenvalue weighted by molar-refractivity contribution is -0.459. The normalized spacial score (nSPS) is 14.8. The molecule has 0 spiro atoms. The van der Waals surface area contributed by atoms with Crippen molar-refractivity contribution in [1.82, 2.24) is 4.98 Å². The first-order valence-corrected chi connectivity index (χ1v) is 12.0. The lowest BCUT2D eigenvalue weighted by Crippen LogP contribution is -2.75. The van der Waals surface area contributed by atoms with Crippen molar-refractivity contribution in [1.29, 1.82) is 0 Å². The van der Waals surface area contributed by atoms with Gasteiger partial charge in [0.05, 0.1) is 5.69 Å². The average Bonchev–Trinajstić information content (AvgIpc) is 3.31. The third kappa shape index (κ3) is 5.72. The first-order valence-electron chi connectivity index (χ1n) is 11.1. The number of carbonyl (C=O) groups excluding carboxylic acids is 1. The second-order valence-corrected chi connectivity index (χ2v) is 10.2. The quantitative estimate of drug-likeness (QED) is 0.241. The number of thiazole rings is 1.